The number of hydrazone groups is 1. The van der Waals surface area contributed by atoms with Gasteiger partial charge in [0.25, 0.3) is 11.5 Å². The normalized spacial score (nSPS) is 19.1. The van der Waals surface area contributed by atoms with Crippen LogP contribution in [0.1, 0.15) is 36.4 Å². The minimum absolute atomic E-state index is 0.115. The predicted octanol–water partition coefficient (Wildman–Crippen LogP) is 5.68. The lowest BCUT2D eigenvalue weighted by atomic mass is 9.77. The zero-order chi connectivity index (χ0) is 29.5. The maximum absolute atomic E-state index is 13.9. The van der Waals surface area contributed by atoms with E-state index in [2.05, 4.69) is 10.1 Å². The third-order valence-corrected chi connectivity index (χ3v) is 8.04. The first-order valence-electron chi connectivity index (χ1n) is 14.1. The van der Waals surface area contributed by atoms with Gasteiger partial charge in [0.15, 0.2) is 5.65 Å². The molecular weight excluding hydrogens is 550 g/mol. The number of hydrogen-bond donors (Lipinski definition) is 0. The number of amides is 1. The summed E-state index contributed by atoms with van der Waals surface area (Å²) in [5.41, 5.74) is 4.12. The summed E-state index contributed by atoms with van der Waals surface area (Å²) in [5.74, 6) is -1.19. The summed E-state index contributed by atoms with van der Waals surface area (Å²) in [4.78, 5) is 31.8. The van der Waals surface area contributed by atoms with Crippen LogP contribution in [0, 0.1) is 17.6 Å². The van der Waals surface area contributed by atoms with Crippen LogP contribution in [-0.4, -0.2) is 36.0 Å². The van der Waals surface area contributed by atoms with Gasteiger partial charge in [-0.15, -0.1) is 0 Å². The van der Waals surface area contributed by atoms with Gasteiger partial charge in [-0.1, -0.05) is 42.5 Å². The van der Waals surface area contributed by atoms with Crippen LogP contribution < -0.4 is 5.56 Å². The minimum Gasteiger partial charge on any atom is -0.289 e. The smallest absolute Gasteiger partial charge is 0.264 e. The maximum Gasteiger partial charge on any atom is 0.264 e. The zero-order valence-electron chi connectivity index (χ0n) is 23.0. The molecule has 7 rings (SSSR count). The number of fused-ring (bicyclic) bond motifs is 2. The Morgan fingerprint density at radius 1 is 0.953 bits per heavy atom. The van der Waals surface area contributed by atoms with E-state index in [0.717, 1.165) is 47.4 Å². The van der Waals surface area contributed by atoms with Crippen LogP contribution in [0.15, 0.2) is 107 Å². The summed E-state index contributed by atoms with van der Waals surface area (Å²) in [6.45, 7) is -0.281. The molecular formula is C33H26F2N6O2. The van der Waals surface area contributed by atoms with Gasteiger partial charge in [0.2, 0.25) is 0 Å². The highest BCUT2D eigenvalue weighted by molar-refractivity contribution is 6.08. The molecule has 1 fully saturated rings. The number of carbonyl (C=O) groups is 1. The summed E-state index contributed by atoms with van der Waals surface area (Å²) in [5, 5.41) is 10.9. The Hall–Kier alpha value is -5.25. The highest BCUT2D eigenvalue weighted by atomic mass is 19.1. The molecule has 3 aromatic carbocycles. The van der Waals surface area contributed by atoms with Gasteiger partial charge >= 0.3 is 0 Å². The van der Waals surface area contributed by atoms with Crippen molar-refractivity contribution in [3.05, 3.63) is 130 Å². The zero-order valence-corrected chi connectivity index (χ0v) is 23.0. The van der Waals surface area contributed by atoms with Crippen LogP contribution in [0.2, 0.25) is 0 Å². The standard InChI is InChI=1S/C33H26F2N6O2/c34-24-13-9-21(10-14-24)17-23-5-4-8-27-30(23)38-41(31(27)22-11-15-25(35)16-12-22)29(42)19-39-20-36-32-28(33(39)43)18-37-40(32)26-6-2-1-3-7-26/h1-3,6-7,9-18,20,27,31H,4-5,8,19H2/b23-17+. The summed E-state index contributed by atoms with van der Waals surface area (Å²) >= 11 is 0. The topological polar surface area (TPSA) is 85.4 Å². The van der Waals surface area contributed by atoms with Crippen molar-refractivity contribution >= 4 is 28.7 Å². The molecule has 1 aliphatic heterocycles. The van der Waals surface area contributed by atoms with Gasteiger partial charge in [-0.2, -0.15) is 10.2 Å². The molecule has 8 nitrogen and oxygen atoms in total. The van der Waals surface area contributed by atoms with Crippen LogP contribution in [0.25, 0.3) is 22.8 Å². The monoisotopic (exact) mass is 576 g/mol. The highest BCUT2D eigenvalue weighted by Crippen LogP contribution is 2.44. The van der Waals surface area contributed by atoms with Crippen molar-refractivity contribution in [2.75, 3.05) is 0 Å². The molecule has 1 saturated carbocycles. The first-order valence-corrected chi connectivity index (χ1v) is 14.1. The van der Waals surface area contributed by atoms with E-state index in [1.54, 1.807) is 28.9 Å². The molecule has 0 spiro atoms. The SMILES string of the molecule is O=C(Cn1cnc2c(cnn2-c2ccccc2)c1=O)N1N=C2/C(=C/c3ccc(F)cc3)CCCC2C1c1ccc(F)cc1. The van der Waals surface area contributed by atoms with E-state index < -0.39 is 11.9 Å². The van der Waals surface area contributed by atoms with Gasteiger partial charge in [-0.3, -0.25) is 14.2 Å². The molecule has 10 heteroatoms. The summed E-state index contributed by atoms with van der Waals surface area (Å²) in [6, 6.07) is 21.2. The third kappa shape index (κ3) is 4.94. The summed E-state index contributed by atoms with van der Waals surface area (Å²) in [6.07, 6.45) is 7.21. The van der Waals surface area contributed by atoms with Crippen molar-refractivity contribution in [2.24, 2.45) is 11.0 Å². The molecule has 2 unspecified atom stereocenters. The molecule has 0 N–H and O–H groups in total. The van der Waals surface area contributed by atoms with E-state index in [4.69, 9.17) is 5.10 Å². The Kier molecular flexibility index (Phi) is 6.73. The van der Waals surface area contributed by atoms with Gasteiger partial charge in [0, 0.05) is 5.92 Å². The number of rotatable bonds is 5. The molecule has 5 aromatic rings. The van der Waals surface area contributed by atoms with Crippen LogP contribution in [0.4, 0.5) is 8.78 Å². The lowest BCUT2D eigenvalue weighted by molar-refractivity contribution is -0.134. The fourth-order valence-electron chi connectivity index (χ4n) is 6.00. The van der Waals surface area contributed by atoms with Crippen molar-refractivity contribution < 1.29 is 13.6 Å². The van der Waals surface area contributed by atoms with Crippen LogP contribution in [0.3, 0.4) is 0 Å². The van der Waals surface area contributed by atoms with Crippen molar-refractivity contribution in [1.29, 1.82) is 0 Å². The third-order valence-electron chi connectivity index (χ3n) is 8.04. The number of para-hydroxylation sites is 1. The van der Waals surface area contributed by atoms with E-state index in [9.17, 15) is 18.4 Å². The number of allylic oxidation sites excluding steroid dienone is 1. The summed E-state index contributed by atoms with van der Waals surface area (Å²) < 4.78 is 30.2. The number of nitrogens with zero attached hydrogens (tertiary/aromatic N) is 6. The molecule has 43 heavy (non-hydrogen) atoms. The molecule has 0 bridgehead atoms. The van der Waals surface area contributed by atoms with Gasteiger partial charge < -0.3 is 0 Å². The van der Waals surface area contributed by atoms with Crippen LogP contribution >= 0.6 is 0 Å². The molecule has 1 aliphatic carbocycles. The van der Waals surface area contributed by atoms with Crippen molar-refractivity contribution in [2.45, 2.75) is 31.8 Å². The number of benzene rings is 3. The van der Waals surface area contributed by atoms with Crippen molar-refractivity contribution in [1.82, 2.24) is 24.3 Å². The molecule has 3 heterocycles. The number of carbonyl (C=O) groups excluding carboxylic acids is 1. The minimum atomic E-state index is -0.465. The average Bonchev–Trinajstić information content (AvgIpc) is 3.64. The maximum atomic E-state index is 13.9. The quantitative estimate of drug-likeness (QED) is 0.269. The Balaban J connectivity index is 1.24. The number of aromatic nitrogens is 4. The Morgan fingerprint density at radius 2 is 1.67 bits per heavy atom. The fraction of sp³-hybridized carbons (Fsp3) is 0.182. The second kappa shape index (κ2) is 10.9. The van der Waals surface area contributed by atoms with E-state index in [1.807, 2.05) is 36.4 Å². The number of hydrogen-bond acceptors (Lipinski definition) is 5. The Labute approximate surface area is 245 Å². The average molecular weight is 577 g/mol. The first kappa shape index (κ1) is 26.6. The predicted molar refractivity (Wildman–Crippen MR) is 158 cm³/mol. The Bertz CT molecular complexity index is 1950. The molecule has 1 amide bonds. The van der Waals surface area contributed by atoms with E-state index in [1.165, 1.54) is 46.4 Å². The lowest BCUT2D eigenvalue weighted by Crippen LogP contribution is -2.36. The highest BCUT2D eigenvalue weighted by Gasteiger charge is 2.43. The second-order valence-electron chi connectivity index (χ2n) is 10.7. The van der Waals surface area contributed by atoms with Gasteiger partial charge in [-0.05, 0) is 78.4 Å². The van der Waals surface area contributed by atoms with Gasteiger partial charge in [0.1, 0.15) is 29.9 Å². The molecule has 0 saturated heterocycles. The van der Waals surface area contributed by atoms with E-state index in [-0.39, 0.29) is 29.7 Å². The molecule has 2 aliphatic rings. The largest absolute Gasteiger partial charge is 0.289 e. The van der Waals surface area contributed by atoms with Crippen molar-refractivity contribution in [3.63, 3.8) is 0 Å². The van der Waals surface area contributed by atoms with E-state index in [0.29, 0.717) is 11.0 Å². The molecule has 2 aromatic heterocycles. The molecule has 214 valence electrons. The molecule has 2 atom stereocenters. The second-order valence-corrected chi connectivity index (χ2v) is 10.7. The van der Waals surface area contributed by atoms with Gasteiger partial charge in [-0.25, -0.2) is 23.5 Å². The lowest BCUT2D eigenvalue weighted by Gasteiger charge is -2.29. The first-order chi connectivity index (χ1) is 21.0. The fourth-order valence-corrected chi connectivity index (χ4v) is 6.00. The number of halogens is 2. The Morgan fingerprint density at radius 3 is 2.42 bits per heavy atom. The van der Waals surface area contributed by atoms with Crippen LogP contribution in [-0.2, 0) is 11.3 Å². The van der Waals surface area contributed by atoms with Gasteiger partial charge in [0.05, 0.1) is 23.6 Å². The summed E-state index contributed by atoms with van der Waals surface area (Å²) in [7, 11) is 0. The van der Waals surface area contributed by atoms with E-state index >= 15 is 0 Å². The van der Waals surface area contributed by atoms with Crippen molar-refractivity contribution in [3.8, 4) is 5.69 Å². The van der Waals surface area contributed by atoms with Crippen LogP contribution in [0.5, 0.6) is 0 Å². The molecule has 0 radical (unpaired) electrons.